The molecule has 0 aliphatic carbocycles. The van der Waals surface area contributed by atoms with Crippen LogP contribution < -0.4 is 14.5 Å². The van der Waals surface area contributed by atoms with Crippen LogP contribution in [0, 0.1) is 6.92 Å². The number of carbonyl (C=O) groups is 1. The Labute approximate surface area is 212 Å². The first-order chi connectivity index (χ1) is 16.7. The van der Waals surface area contributed by atoms with Gasteiger partial charge in [-0.1, -0.05) is 35.9 Å². The summed E-state index contributed by atoms with van der Waals surface area (Å²) >= 11 is 5.95. The van der Waals surface area contributed by atoms with Gasteiger partial charge in [0.15, 0.2) is 0 Å². The number of carbonyl (C=O) groups excluding carboxylic acids is 1. The highest BCUT2D eigenvalue weighted by atomic mass is 35.5. The van der Waals surface area contributed by atoms with Crippen LogP contribution in [0.4, 0.5) is 11.4 Å². The van der Waals surface area contributed by atoms with E-state index in [9.17, 15) is 13.2 Å². The lowest BCUT2D eigenvalue weighted by atomic mass is 10.1. The molecule has 0 radical (unpaired) electrons. The molecule has 1 atom stereocenters. The third-order valence-corrected chi connectivity index (χ3v) is 8.26. The van der Waals surface area contributed by atoms with Crippen LogP contribution in [0.15, 0.2) is 77.7 Å². The zero-order valence-electron chi connectivity index (χ0n) is 19.9. The summed E-state index contributed by atoms with van der Waals surface area (Å²) in [4.78, 5) is 15.5. The topological polar surface area (TPSA) is 69.7 Å². The Bertz CT molecular complexity index is 1270. The summed E-state index contributed by atoms with van der Waals surface area (Å²) in [6, 6.07) is 21.0. The van der Waals surface area contributed by atoms with E-state index in [-0.39, 0.29) is 23.4 Å². The molecule has 8 heteroatoms. The Morgan fingerprint density at radius 2 is 1.69 bits per heavy atom. The van der Waals surface area contributed by atoms with E-state index in [1.807, 2.05) is 32.0 Å². The molecule has 0 aromatic heterocycles. The van der Waals surface area contributed by atoms with Crippen LogP contribution in [-0.2, 0) is 14.8 Å². The smallest absolute Gasteiger partial charge is 0.264 e. The molecule has 1 saturated heterocycles. The second kappa shape index (κ2) is 10.7. The second-order valence-electron chi connectivity index (χ2n) is 8.88. The molecule has 1 aliphatic heterocycles. The van der Waals surface area contributed by atoms with E-state index in [1.165, 1.54) is 42.8 Å². The van der Waals surface area contributed by atoms with Gasteiger partial charge in [-0.3, -0.25) is 9.10 Å². The molecule has 3 aromatic rings. The fourth-order valence-corrected chi connectivity index (χ4v) is 5.82. The van der Waals surface area contributed by atoms with E-state index in [1.54, 1.807) is 18.2 Å². The van der Waals surface area contributed by atoms with Gasteiger partial charge >= 0.3 is 0 Å². The maximum Gasteiger partial charge on any atom is 0.264 e. The standard InChI is InChI=1S/C27H30ClN3O3S/c1-20-6-5-7-25(18-20)31(35(33,34)26-14-10-23(28)11-15-26)19-27(32)29-21(2)22-8-12-24(13-9-22)30-16-3-4-17-30/h5-15,18,21H,3-4,16-17,19H2,1-2H3,(H,29,32). The predicted octanol–water partition coefficient (Wildman–Crippen LogP) is 5.32. The van der Waals surface area contributed by atoms with Crippen molar-refractivity contribution in [1.82, 2.24) is 5.32 Å². The zero-order valence-corrected chi connectivity index (χ0v) is 21.5. The first kappa shape index (κ1) is 25.1. The van der Waals surface area contributed by atoms with Crippen molar-refractivity contribution in [2.45, 2.75) is 37.6 Å². The van der Waals surface area contributed by atoms with Crippen LogP contribution in [0.2, 0.25) is 5.02 Å². The van der Waals surface area contributed by atoms with Gasteiger partial charge in [0.2, 0.25) is 5.91 Å². The Hall–Kier alpha value is -3.03. The normalized spacial score (nSPS) is 14.5. The fraction of sp³-hybridized carbons (Fsp3) is 0.296. The van der Waals surface area contributed by atoms with Crippen molar-refractivity contribution in [3.63, 3.8) is 0 Å². The molecule has 4 rings (SSSR count). The molecule has 6 nitrogen and oxygen atoms in total. The van der Waals surface area contributed by atoms with Gasteiger partial charge in [0.1, 0.15) is 6.54 Å². The summed E-state index contributed by atoms with van der Waals surface area (Å²) in [6.07, 6.45) is 2.43. The molecule has 0 spiro atoms. The number of nitrogens with zero attached hydrogens (tertiary/aromatic N) is 2. The maximum absolute atomic E-state index is 13.5. The highest BCUT2D eigenvalue weighted by Gasteiger charge is 2.28. The second-order valence-corrected chi connectivity index (χ2v) is 11.2. The van der Waals surface area contributed by atoms with Crippen LogP contribution in [0.25, 0.3) is 0 Å². The molecule has 0 saturated carbocycles. The van der Waals surface area contributed by atoms with E-state index in [0.29, 0.717) is 10.7 Å². The minimum atomic E-state index is -3.99. The molecule has 1 amide bonds. The largest absolute Gasteiger partial charge is 0.372 e. The number of nitrogens with one attached hydrogen (secondary N) is 1. The van der Waals surface area contributed by atoms with Crippen LogP contribution in [0.5, 0.6) is 0 Å². The molecular weight excluding hydrogens is 482 g/mol. The molecule has 0 bridgehead atoms. The molecule has 35 heavy (non-hydrogen) atoms. The highest BCUT2D eigenvalue weighted by Crippen LogP contribution is 2.26. The molecule has 184 valence electrons. The molecular formula is C27H30ClN3O3S. The van der Waals surface area contributed by atoms with E-state index in [2.05, 4.69) is 22.3 Å². The third-order valence-electron chi connectivity index (χ3n) is 6.22. The average Bonchev–Trinajstić information content (AvgIpc) is 3.38. The Balaban J connectivity index is 1.52. The Morgan fingerprint density at radius 3 is 2.31 bits per heavy atom. The maximum atomic E-state index is 13.5. The molecule has 1 aliphatic rings. The fourth-order valence-electron chi connectivity index (χ4n) is 4.28. The monoisotopic (exact) mass is 511 g/mol. The predicted molar refractivity (Wildman–Crippen MR) is 142 cm³/mol. The number of anilines is 2. The number of rotatable bonds is 8. The van der Waals surface area contributed by atoms with Crippen molar-refractivity contribution in [1.29, 1.82) is 0 Å². The average molecular weight is 512 g/mol. The summed E-state index contributed by atoms with van der Waals surface area (Å²) < 4.78 is 28.2. The van der Waals surface area contributed by atoms with Gasteiger partial charge in [0.05, 0.1) is 16.6 Å². The number of hydrogen-bond donors (Lipinski definition) is 1. The number of sulfonamides is 1. The van der Waals surface area contributed by atoms with E-state index < -0.39 is 10.0 Å². The van der Waals surface area contributed by atoms with Gasteiger partial charge in [0, 0.05) is 23.8 Å². The first-order valence-electron chi connectivity index (χ1n) is 11.7. The summed E-state index contributed by atoms with van der Waals surface area (Å²) in [5.74, 6) is -0.389. The van der Waals surface area contributed by atoms with Crippen molar-refractivity contribution < 1.29 is 13.2 Å². The molecule has 1 N–H and O–H groups in total. The lowest BCUT2D eigenvalue weighted by Gasteiger charge is -2.25. The molecule has 3 aromatic carbocycles. The number of hydrogen-bond acceptors (Lipinski definition) is 4. The minimum absolute atomic E-state index is 0.0711. The van der Waals surface area contributed by atoms with Gasteiger partial charge in [-0.2, -0.15) is 0 Å². The van der Waals surface area contributed by atoms with E-state index in [0.717, 1.165) is 28.5 Å². The van der Waals surface area contributed by atoms with Gasteiger partial charge in [0.25, 0.3) is 10.0 Å². The number of halogens is 1. The summed E-state index contributed by atoms with van der Waals surface area (Å²) in [5, 5.41) is 3.39. The quantitative estimate of drug-likeness (QED) is 0.444. The van der Waals surface area contributed by atoms with Crippen LogP contribution in [-0.4, -0.2) is 34.0 Å². The van der Waals surface area contributed by atoms with Crippen LogP contribution in [0.3, 0.4) is 0 Å². The molecule has 1 fully saturated rings. The van der Waals surface area contributed by atoms with Gasteiger partial charge in [-0.05, 0) is 86.3 Å². The van der Waals surface area contributed by atoms with Gasteiger partial charge in [-0.25, -0.2) is 8.42 Å². The Morgan fingerprint density at radius 1 is 1.03 bits per heavy atom. The third kappa shape index (κ3) is 5.97. The van der Waals surface area contributed by atoms with Crippen molar-refractivity contribution >= 4 is 38.9 Å². The van der Waals surface area contributed by atoms with Crippen molar-refractivity contribution in [3.8, 4) is 0 Å². The minimum Gasteiger partial charge on any atom is -0.372 e. The van der Waals surface area contributed by atoms with Crippen molar-refractivity contribution in [2.75, 3.05) is 28.8 Å². The molecule has 1 heterocycles. The number of amides is 1. The Kier molecular flexibility index (Phi) is 7.67. The van der Waals surface area contributed by atoms with E-state index in [4.69, 9.17) is 11.6 Å². The SMILES string of the molecule is Cc1cccc(N(CC(=O)NC(C)c2ccc(N3CCCC3)cc2)S(=O)(=O)c2ccc(Cl)cc2)c1. The first-order valence-corrected chi connectivity index (χ1v) is 13.5. The molecule has 1 unspecified atom stereocenters. The van der Waals surface area contributed by atoms with Crippen LogP contribution in [0.1, 0.15) is 36.9 Å². The van der Waals surface area contributed by atoms with Crippen LogP contribution >= 0.6 is 11.6 Å². The van der Waals surface area contributed by atoms with Gasteiger partial charge in [-0.15, -0.1) is 0 Å². The summed E-state index contributed by atoms with van der Waals surface area (Å²) in [5.41, 5.74) is 3.47. The van der Waals surface area contributed by atoms with Gasteiger partial charge < -0.3 is 10.2 Å². The lowest BCUT2D eigenvalue weighted by Crippen LogP contribution is -2.41. The highest BCUT2D eigenvalue weighted by molar-refractivity contribution is 7.92. The van der Waals surface area contributed by atoms with Crippen molar-refractivity contribution in [3.05, 3.63) is 88.9 Å². The number of benzene rings is 3. The summed E-state index contributed by atoms with van der Waals surface area (Å²) in [7, 11) is -3.99. The summed E-state index contributed by atoms with van der Waals surface area (Å²) in [6.45, 7) is 5.58. The van der Waals surface area contributed by atoms with Crippen molar-refractivity contribution in [2.24, 2.45) is 0 Å². The lowest BCUT2D eigenvalue weighted by molar-refractivity contribution is -0.120. The van der Waals surface area contributed by atoms with E-state index >= 15 is 0 Å². The zero-order chi connectivity index (χ0) is 25.0. The number of aryl methyl sites for hydroxylation is 1.